The minimum Gasteiger partial charge on any atom is -0.356 e. The minimum atomic E-state index is -5.26. The van der Waals surface area contributed by atoms with Crippen LogP contribution in [0.2, 0.25) is 0 Å². The molecule has 6 atom stereocenters. The molecule has 5 amide bonds. The largest absolute Gasteiger partial charge is 0.471 e. The normalized spacial score (nSPS) is 28.5. The molecule has 246 valence electrons. The van der Waals surface area contributed by atoms with Gasteiger partial charge in [-0.3, -0.25) is 28.8 Å². The predicted octanol–water partition coefficient (Wildman–Crippen LogP) is 1.01. The number of carbonyl (C=O) groups is 6. The third-order valence-electron chi connectivity index (χ3n) is 9.30. The second-order valence-electron chi connectivity index (χ2n) is 14.0. The average molecular weight is 636 g/mol. The van der Waals surface area contributed by atoms with Crippen LogP contribution in [0, 0.1) is 28.6 Å². The molecule has 44 heavy (non-hydrogen) atoms. The summed E-state index contributed by atoms with van der Waals surface area (Å²) in [5, 5.41) is 6.88. The van der Waals surface area contributed by atoms with E-state index in [1.165, 1.54) is 20.8 Å². The predicted molar refractivity (Wildman–Crippen MR) is 143 cm³/mol. The number of alkyl halides is 5. The first kappa shape index (κ1) is 33.6. The van der Waals surface area contributed by atoms with E-state index in [2.05, 4.69) is 10.6 Å². The Hall–Kier alpha value is -3.33. The number of hydrogen-bond donors (Lipinski definition) is 3. The third kappa shape index (κ3) is 6.53. The van der Waals surface area contributed by atoms with Gasteiger partial charge in [-0.2, -0.15) is 13.2 Å². The Morgan fingerprint density at radius 3 is 2.18 bits per heavy atom. The van der Waals surface area contributed by atoms with Crippen LogP contribution in [0.4, 0.5) is 22.0 Å². The van der Waals surface area contributed by atoms with Gasteiger partial charge in [-0.1, -0.05) is 34.6 Å². The summed E-state index contributed by atoms with van der Waals surface area (Å²) in [4.78, 5) is 79.7. The number of carbonyl (C=O) groups excluding carboxylic acids is 6. The van der Waals surface area contributed by atoms with Crippen LogP contribution in [0.15, 0.2) is 0 Å². The molecular weight excluding hydrogens is 597 g/mol. The molecular formula is C28H38F5N5O6. The minimum absolute atomic E-state index is 0.00547. The molecule has 11 nitrogen and oxygen atoms in total. The molecule has 0 unspecified atom stereocenters. The van der Waals surface area contributed by atoms with Gasteiger partial charge in [0.05, 0.1) is 19.1 Å². The molecule has 3 heterocycles. The Morgan fingerprint density at radius 2 is 1.66 bits per heavy atom. The molecule has 16 heteroatoms. The first-order valence-corrected chi connectivity index (χ1v) is 14.5. The van der Waals surface area contributed by atoms with E-state index in [0.29, 0.717) is 24.3 Å². The highest BCUT2D eigenvalue weighted by Gasteiger charge is 2.70. The van der Waals surface area contributed by atoms with E-state index in [1.807, 2.05) is 13.8 Å². The second-order valence-corrected chi connectivity index (χ2v) is 14.0. The van der Waals surface area contributed by atoms with Crippen molar-refractivity contribution in [3.63, 3.8) is 0 Å². The molecule has 0 bridgehead atoms. The highest BCUT2D eigenvalue weighted by molar-refractivity contribution is 6.38. The molecule has 4 rings (SSSR count). The van der Waals surface area contributed by atoms with Gasteiger partial charge in [0, 0.05) is 19.0 Å². The number of rotatable bonds is 8. The second kappa shape index (κ2) is 11.2. The van der Waals surface area contributed by atoms with Gasteiger partial charge in [0.15, 0.2) is 0 Å². The van der Waals surface area contributed by atoms with Crippen molar-refractivity contribution in [2.75, 3.05) is 26.2 Å². The molecule has 3 N–H and O–H groups in total. The number of likely N-dealkylation sites (tertiary alicyclic amines) is 2. The summed E-state index contributed by atoms with van der Waals surface area (Å²) in [5.74, 6) is -11.5. The van der Waals surface area contributed by atoms with Gasteiger partial charge in [0.25, 0.3) is 11.8 Å². The van der Waals surface area contributed by atoms with Crippen LogP contribution in [-0.2, 0) is 28.8 Å². The molecule has 0 aromatic rings. The van der Waals surface area contributed by atoms with Crippen LogP contribution in [0.3, 0.4) is 0 Å². The maximum Gasteiger partial charge on any atom is 0.471 e. The zero-order valence-electron chi connectivity index (χ0n) is 25.1. The molecule has 1 saturated carbocycles. The lowest BCUT2D eigenvalue weighted by Crippen LogP contribution is -2.63. The number of halogens is 5. The summed E-state index contributed by atoms with van der Waals surface area (Å²) in [6, 6.07) is -4.51. The summed E-state index contributed by atoms with van der Waals surface area (Å²) in [7, 11) is 0. The molecule has 3 aliphatic heterocycles. The third-order valence-corrected chi connectivity index (χ3v) is 9.30. The zero-order chi connectivity index (χ0) is 33.2. The van der Waals surface area contributed by atoms with E-state index in [9.17, 15) is 50.7 Å². The van der Waals surface area contributed by atoms with Crippen molar-refractivity contribution in [2.45, 2.75) is 84.1 Å². The van der Waals surface area contributed by atoms with Gasteiger partial charge >= 0.3 is 12.1 Å². The molecule has 0 aromatic carbocycles. The van der Waals surface area contributed by atoms with Crippen LogP contribution in [0.5, 0.6) is 0 Å². The number of ketones is 1. The number of hydrogen-bond acceptors (Lipinski definition) is 6. The highest BCUT2D eigenvalue weighted by Crippen LogP contribution is 2.65. The summed E-state index contributed by atoms with van der Waals surface area (Å²) < 4.78 is 66.2. The maximum absolute atomic E-state index is 13.9. The van der Waals surface area contributed by atoms with Gasteiger partial charge in [0.2, 0.25) is 23.5 Å². The standard InChI is InChI=1S/C28H38F5N5O6/c1-25(2,3)19(36-24(44)28(31,32)33)23(43)38-10-14-16(26(14,4)5)17(38)21(41)35-15(9-13-7-6-8-34-20(13)40)18(39)22(42)37-11-27(29,30)12-37/h13-17,19H,6-12H2,1-5H3,(H,34,40)(H,35,41)(H,36,44)/t13-,14-,15-,16-,17-,19+/m0/s1. The monoisotopic (exact) mass is 635 g/mol. The van der Waals surface area contributed by atoms with Gasteiger partial charge < -0.3 is 25.8 Å². The van der Waals surface area contributed by atoms with Crippen LogP contribution >= 0.6 is 0 Å². The van der Waals surface area contributed by atoms with E-state index < -0.39 is 101 Å². The van der Waals surface area contributed by atoms with Gasteiger partial charge in [0.1, 0.15) is 12.1 Å². The SMILES string of the molecule is CC(C)(C)[C@H](NC(=O)C(F)(F)F)C(=O)N1C[C@H]2[C@@H]([C@H]1C(=O)N[C@@H](C[C@@H]1CCCNC1=O)C(=O)C(=O)N1CC(F)(F)C1)C2(C)C. The summed E-state index contributed by atoms with van der Waals surface area (Å²) in [6.45, 7) is 6.52. The van der Waals surface area contributed by atoms with Crippen LogP contribution in [0.1, 0.15) is 53.9 Å². The smallest absolute Gasteiger partial charge is 0.356 e. The van der Waals surface area contributed by atoms with Crippen molar-refractivity contribution in [3.8, 4) is 0 Å². The lowest BCUT2D eigenvalue weighted by molar-refractivity contribution is -0.176. The fourth-order valence-electron chi connectivity index (χ4n) is 6.63. The molecule has 0 radical (unpaired) electrons. The van der Waals surface area contributed by atoms with E-state index in [-0.39, 0.29) is 18.9 Å². The Bertz CT molecular complexity index is 1240. The number of Topliss-reactive ketones (excluding diaryl/α,β-unsaturated/α-hetero) is 1. The Labute approximate surface area is 251 Å². The van der Waals surface area contributed by atoms with Crippen LogP contribution in [0.25, 0.3) is 0 Å². The van der Waals surface area contributed by atoms with Crippen molar-refractivity contribution in [3.05, 3.63) is 0 Å². The Morgan fingerprint density at radius 1 is 1.05 bits per heavy atom. The molecule has 1 aliphatic carbocycles. The summed E-state index contributed by atoms with van der Waals surface area (Å²) in [5.41, 5.74) is -1.65. The fraction of sp³-hybridized carbons (Fsp3) is 0.786. The van der Waals surface area contributed by atoms with Crippen LogP contribution < -0.4 is 16.0 Å². The zero-order valence-corrected chi connectivity index (χ0v) is 25.1. The van der Waals surface area contributed by atoms with E-state index >= 15 is 0 Å². The van der Waals surface area contributed by atoms with Crippen molar-refractivity contribution < 1.29 is 50.7 Å². The quantitative estimate of drug-likeness (QED) is 0.268. The molecule has 3 saturated heterocycles. The molecule has 0 spiro atoms. The topological polar surface area (TPSA) is 145 Å². The number of piperidine rings is 2. The van der Waals surface area contributed by atoms with Crippen LogP contribution in [-0.4, -0.2) is 102 Å². The van der Waals surface area contributed by atoms with Gasteiger partial charge in [-0.25, -0.2) is 8.78 Å². The first-order chi connectivity index (χ1) is 20.1. The fourth-order valence-corrected chi connectivity index (χ4v) is 6.63. The highest BCUT2D eigenvalue weighted by atomic mass is 19.4. The van der Waals surface area contributed by atoms with Crippen molar-refractivity contribution in [1.82, 2.24) is 25.8 Å². The number of fused-ring (bicyclic) bond motifs is 1. The van der Waals surface area contributed by atoms with Crippen molar-refractivity contribution >= 4 is 35.3 Å². The lowest BCUT2D eigenvalue weighted by Gasteiger charge is -2.39. The maximum atomic E-state index is 13.9. The lowest BCUT2D eigenvalue weighted by atomic mass is 9.85. The summed E-state index contributed by atoms with van der Waals surface area (Å²) in [6.07, 6.45) is -4.64. The average Bonchev–Trinajstić information content (AvgIpc) is 3.20. The first-order valence-electron chi connectivity index (χ1n) is 14.5. The summed E-state index contributed by atoms with van der Waals surface area (Å²) >= 11 is 0. The number of nitrogens with zero attached hydrogens (tertiary/aromatic N) is 2. The number of nitrogens with one attached hydrogen (secondary N) is 3. The van der Waals surface area contributed by atoms with E-state index in [4.69, 9.17) is 0 Å². The molecule has 4 fully saturated rings. The van der Waals surface area contributed by atoms with Crippen molar-refractivity contribution in [2.24, 2.45) is 28.6 Å². The van der Waals surface area contributed by atoms with Gasteiger partial charge in [-0.05, 0) is 41.9 Å². The van der Waals surface area contributed by atoms with E-state index in [1.54, 1.807) is 5.32 Å². The van der Waals surface area contributed by atoms with Crippen molar-refractivity contribution in [1.29, 1.82) is 0 Å². The number of amides is 5. The Kier molecular flexibility index (Phi) is 8.57. The molecule has 0 aromatic heterocycles. The Balaban J connectivity index is 1.59. The van der Waals surface area contributed by atoms with E-state index in [0.717, 1.165) is 4.90 Å². The molecule has 4 aliphatic rings. The van der Waals surface area contributed by atoms with Gasteiger partial charge in [-0.15, -0.1) is 0 Å².